The maximum atomic E-state index is 14.5. The van der Waals surface area contributed by atoms with Gasteiger partial charge in [0, 0.05) is 10.9 Å². The Hall–Kier alpha value is -4.17. The molecule has 7 nitrogen and oxygen atoms in total. The van der Waals surface area contributed by atoms with Gasteiger partial charge < -0.3 is 16.0 Å². The Morgan fingerprint density at radius 3 is 2.71 bits per heavy atom. The summed E-state index contributed by atoms with van der Waals surface area (Å²) in [4.78, 5) is 20.8. The van der Waals surface area contributed by atoms with Crippen molar-refractivity contribution in [1.82, 2.24) is 25.5 Å². The van der Waals surface area contributed by atoms with Crippen LogP contribution < -0.4 is 11.1 Å². The summed E-state index contributed by atoms with van der Waals surface area (Å²) in [6, 6.07) is 19.1. The number of anilines is 1. The third kappa shape index (κ3) is 4.61. The zero-order valence-corrected chi connectivity index (χ0v) is 19.5. The van der Waals surface area contributed by atoms with Crippen LogP contribution in [0.5, 0.6) is 0 Å². The van der Waals surface area contributed by atoms with Gasteiger partial charge in [0.1, 0.15) is 22.5 Å². The Kier molecular flexibility index (Phi) is 5.96. The molecule has 0 fully saturated rings. The lowest BCUT2D eigenvalue weighted by Crippen LogP contribution is -2.31. The minimum absolute atomic E-state index is 0.0335. The van der Waals surface area contributed by atoms with Crippen LogP contribution in [0.4, 0.5) is 10.2 Å². The molecule has 2 heterocycles. The van der Waals surface area contributed by atoms with Crippen LogP contribution in [-0.4, -0.2) is 26.1 Å². The fourth-order valence-electron chi connectivity index (χ4n) is 4.02. The molecular formula is C26H22ClFN6O. The quantitative estimate of drug-likeness (QED) is 0.258. The highest BCUT2D eigenvalue weighted by Crippen LogP contribution is 2.31. The second-order valence-electron chi connectivity index (χ2n) is 8.35. The monoisotopic (exact) mass is 488 g/mol. The molecule has 5 N–H and O–H groups in total. The molecule has 2 aromatic heterocycles. The van der Waals surface area contributed by atoms with Crippen molar-refractivity contribution in [3.05, 3.63) is 100 Å². The van der Waals surface area contributed by atoms with E-state index >= 15 is 0 Å². The number of imidazole rings is 1. The fraction of sp³-hybridized carbons (Fsp3) is 0.115. The number of benzene rings is 3. The summed E-state index contributed by atoms with van der Waals surface area (Å²) < 4.78 is 14.5. The Balaban J connectivity index is 1.50. The first-order valence-corrected chi connectivity index (χ1v) is 11.4. The number of halogens is 2. The van der Waals surface area contributed by atoms with Crippen molar-refractivity contribution in [1.29, 1.82) is 0 Å². The molecule has 176 valence electrons. The number of nitrogens with two attached hydrogens (primary N) is 1. The molecule has 1 atom stereocenters. The summed E-state index contributed by atoms with van der Waals surface area (Å²) in [5, 5.41) is 10.9. The SMILES string of the molecule is Cc1ccc(C(=O)N[C@@H](Cc2ccccc2)c2nc(-c3ccc4c(N)n[nH]c4c3)c(Cl)[nH]2)c(F)c1. The van der Waals surface area contributed by atoms with Crippen LogP contribution >= 0.6 is 11.6 Å². The van der Waals surface area contributed by atoms with Crippen molar-refractivity contribution in [3.8, 4) is 11.3 Å². The van der Waals surface area contributed by atoms with Gasteiger partial charge in [0.25, 0.3) is 5.91 Å². The number of aryl methyl sites for hydroxylation is 1. The molecule has 0 bridgehead atoms. The maximum Gasteiger partial charge on any atom is 0.254 e. The van der Waals surface area contributed by atoms with Gasteiger partial charge in [0.15, 0.2) is 5.82 Å². The summed E-state index contributed by atoms with van der Waals surface area (Å²) in [5.74, 6) is -0.244. The van der Waals surface area contributed by atoms with Crippen LogP contribution in [0.25, 0.3) is 22.2 Å². The third-order valence-electron chi connectivity index (χ3n) is 5.83. The molecule has 3 aromatic carbocycles. The molecule has 5 aromatic rings. The maximum absolute atomic E-state index is 14.5. The molecule has 1 amide bonds. The number of nitrogens with zero attached hydrogens (tertiary/aromatic N) is 2. The summed E-state index contributed by atoms with van der Waals surface area (Å²) >= 11 is 6.54. The lowest BCUT2D eigenvalue weighted by atomic mass is 10.0. The number of aromatic amines is 2. The molecule has 0 aliphatic rings. The van der Waals surface area contributed by atoms with Gasteiger partial charge >= 0.3 is 0 Å². The molecule has 0 saturated heterocycles. The smallest absolute Gasteiger partial charge is 0.254 e. The Morgan fingerprint density at radius 2 is 1.94 bits per heavy atom. The Labute approximate surface area is 205 Å². The van der Waals surface area contributed by atoms with E-state index in [0.29, 0.717) is 28.9 Å². The number of nitrogens with one attached hydrogen (secondary N) is 3. The van der Waals surface area contributed by atoms with Crippen molar-refractivity contribution in [3.63, 3.8) is 0 Å². The average molecular weight is 489 g/mol. The lowest BCUT2D eigenvalue weighted by molar-refractivity contribution is 0.0930. The Morgan fingerprint density at radius 1 is 1.14 bits per heavy atom. The summed E-state index contributed by atoms with van der Waals surface area (Å²) in [6.07, 6.45) is 0.430. The second-order valence-corrected chi connectivity index (χ2v) is 8.73. The number of aromatic nitrogens is 4. The van der Waals surface area contributed by atoms with Gasteiger partial charge in [-0.25, -0.2) is 9.37 Å². The number of hydrogen-bond acceptors (Lipinski definition) is 4. The van der Waals surface area contributed by atoms with E-state index in [1.54, 1.807) is 13.0 Å². The highest BCUT2D eigenvalue weighted by molar-refractivity contribution is 6.32. The topological polar surface area (TPSA) is 112 Å². The van der Waals surface area contributed by atoms with Crippen LogP contribution in [-0.2, 0) is 6.42 Å². The number of amides is 1. The van der Waals surface area contributed by atoms with E-state index in [9.17, 15) is 9.18 Å². The summed E-state index contributed by atoms with van der Waals surface area (Å²) in [5.41, 5.74) is 9.57. The lowest BCUT2D eigenvalue weighted by Gasteiger charge is -2.17. The van der Waals surface area contributed by atoms with E-state index < -0.39 is 17.8 Å². The van der Waals surface area contributed by atoms with Gasteiger partial charge in [-0.1, -0.05) is 54.1 Å². The van der Waals surface area contributed by atoms with Crippen molar-refractivity contribution >= 4 is 34.2 Å². The largest absolute Gasteiger partial charge is 0.382 e. The van der Waals surface area contributed by atoms with Crippen LogP contribution in [0.1, 0.15) is 33.4 Å². The minimum Gasteiger partial charge on any atom is -0.382 e. The molecule has 0 aliphatic carbocycles. The molecule has 0 saturated carbocycles. The number of carbonyl (C=O) groups is 1. The van der Waals surface area contributed by atoms with E-state index in [4.69, 9.17) is 22.3 Å². The highest BCUT2D eigenvalue weighted by Gasteiger charge is 2.23. The van der Waals surface area contributed by atoms with Crippen LogP contribution in [0.3, 0.4) is 0 Å². The van der Waals surface area contributed by atoms with Crippen molar-refractivity contribution in [2.45, 2.75) is 19.4 Å². The number of hydrogen-bond donors (Lipinski definition) is 4. The van der Waals surface area contributed by atoms with Crippen molar-refractivity contribution in [2.24, 2.45) is 0 Å². The second kappa shape index (κ2) is 9.23. The number of H-pyrrole nitrogens is 2. The molecule has 5 rings (SSSR count). The van der Waals surface area contributed by atoms with Crippen LogP contribution in [0.2, 0.25) is 5.15 Å². The first-order valence-electron chi connectivity index (χ1n) is 11.0. The normalized spacial score (nSPS) is 12.1. The molecular weight excluding hydrogens is 467 g/mol. The molecule has 0 aliphatic heterocycles. The number of nitrogen functional groups attached to an aromatic ring is 1. The predicted octanol–water partition coefficient (Wildman–Crippen LogP) is 5.35. The zero-order valence-electron chi connectivity index (χ0n) is 18.8. The van der Waals surface area contributed by atoms with E-state index in [-0.39, 0.29) is 5.56 Å². The summed E-state index contributed by atoms with van der Waals surface area (Å²) in [7, 11) is 0. The first-order chi connectivity index (χ1) is 16.9. The van der Waals surface area contributed by atoms with E-state index in [1.807, 2.05) is 48.5 Å². The first kappa shape index (κ1) is 22.6. The van der Waals surface area contributed by atoms with E-state index in [0.717, 1.165) is 27.6 Å². The van der Waals surface area contributed by atoms with Gasteiger partial charge in [-0.05, 0) is 48.7 Å². The van der Waals surface area contributed by atoms with Gasteiger partial charge in [0.05, 0.1) is 17.1 Å². The van der Waals surface area contributed by atoms with Crippen molar-refractivity contribution < 1.29 is 9.18 Å². The standard InChI is InChI=1S/C26H22ClFN6O/c1-14-7-9-17(19(28)11-14)26(35)30-21(12-15-5-3-2-4-6-15)25-31-22(23(27)32-25)16-8-10-18-20(13-16)33-34-24(18)29/h2-11,13,21H,12H2,1H3,(H,30,35)(H,31,32)(H3,29,33,34)/t21-/m0/s1. The van der Waals surface area contributed by atoms with Crippen LogP contribution in [0.15, 0.2) is 66.7 Å². The molecule has 0 spiro atoms. The van der Waals surface area contributed by atoms with Gasteiger partial charge in [-0.2, -0.15) is 5.10 Å². The number of carbonyl (C=O) groups excluding carboxylic acids is 1. The summed E-state index contributed by atoms with van der Waals surface area (Å²) in [6.45, 7) is 1.77. The molecule has 9 heteroatoms. The zero-order chi connectivity index (χ0) is 24.5. The average Bonchev–Trinajstić information content (AvgIpc) is 3.41. The molecule has 35 heavy (non-hydrogen) atoms. The fourth-order valence-corrected chi connectivity index (χ4v) is 4.27. The van der Waals surface area contributed by atoms with Gasteiger partial charge in [-0.15, -0.1) is 0 Å². The van der Waals surface area contributed by atoms with E-state index in [2.05, 4.69) is 20.5 Å². The van der Waals surface area contributed by atoms with E-state index in [1.165, 1.54) is 12.1 Å². The van der Waals surface area contributed by atoms with Crippen molar-refractivity contribution in [2.75, 3.05) is 5.73 Å². The molecule has 0 unspecified atom stereocenters. The highest BCUT2D eigenvalue weighted by atomic mass is 35.5. The third-order valence-corrected chi connectivity index (χ3v) is 6.10. The number of rotatable bonds is 6. The number of fused-ring (bicyclic) bond motifs is 1. The van der Waals surface area contributed by atoms with Crippen LogP contribution in [0, 0.1) is 12.7 Å². The molecule has 0 radical (unpaired) electrons. The van der Waals surface area contributed by atoms with Gasteiger partial charge in [-0.3, -0.25) is 9.89 Å². The minimum atomic E-state index is -0.580. The predicted molar refractivity (Wildman–Crippen MR) is 135 cm³/mol. The van der Waals surface area contributed by atoms with Gasteiger partial charge in [0.2, 0.25) is 0 Å². The Bertz CT molecular complexity index is 1530.